The molecule has 2 unspecified atom stereocenters. The fraction of sp³-hybridized carbons (Fsp3) is 0.750. The van der Waals surface area contributed by atoms with Gasteiger partial charge in [0.2, 0.25) is 11.1 Å². The minimum Gasteiger partial charge on any atom is -0.379 e. The zero-order chi connectivity index (χ0) is 9.97. The van der Waals surface area contributed by atoms with E-state index >= 15 is 0 Å². The molecule has 0 spiro atoms. The molecule has 3 N–H and O–H groups in total. The summed E-state index contributed by atoms with van der Waals surface area (Å²) in [5, 5.41) is 4.09. The number of anilines is 2. The van der Waals surface area contributed by atoms with Gasteiger partial charge in [-0.15, -0.1) is 0 Å². The van der Waals surface area contributed by atoms with Crippen LogP contribution in [0.25, 0.3) is 0 Å². The van der Waals surface area contributed by atoms with Crippen molar-refractivity contribution >= 4 is 22.6 Å². The predicted octanol–water partition coefficient (Wildman–Crippen LogP) is 1.10. The molecule has 0 aromatic carbocycles. The van der Waals surface area contributed by atoms with Crippen molar-refractivity contribution in [2.75, 3.05) is 18.2 Å². The summed E-state index contributed by atoms with van der Waals surface area (Å²) in [7, 11) is 1.75. The monoisotopic (exact) mass is 214 g/mol. The highest BCUT2D eigenvalue weighted by atomic mass is 32.1. The van der Waals surface area contributed by atoms with E-state index in [2.05, 4.69) is 14.7 Å². The van der Waals surface area contributed by atoms with Gasteiger partial charge in [0, 0.05) is 18.6 Å². The molecular weight excluding hydrogens is 200 g/mol. The normalized spacial score (nSPS) is 26.6. The molecule has 1 saturated carbocycles. The van der Waals surface area contributed by atoms with E-state index in [-0.39, 0.29) is 0 Å². The average Bonchev–Trinajstić information content (AvgIpc) is 2.76. The topological polar surface area (TPSA) is 73.1 Å². The maximum atomic E-state index is 5.44. The molecule has 6 heteroatoms. The maximum absolute atomic E-state index is 5.44. The third-order valence-electron chi connectivity index (χ3n) is 2.51. The number of nitrogen functional groups attached to an aromatic ring is 1. The first kappa shape index (κ1) is 9.67. The quantitative estimate of drug-likeness (QED) is 0.788. The standard InChI is InChI=1S/C8H14N4OS/c1-13-6-4-2-3-5(6)10-8-11-7(9)12-14-8/h5-6H,2-4H2,1H3,(H3,9,10,11,12). The van der Waals surface area contributed by atoms with Gasteiger partial charge in [-0.1, -0.05) is 0 Å². The van der Waals surface area contributed by atoms with Crippen molar-refractivity contribution in [2.24, 2.45) is 0 Å². The van der Waals surface area contributed by atoms with Crippen molar-refractivity contribution in [1.29, 1.82) is 0 Å². The van der Waals surface area contributed by atoms with Gasteiger partial charge in [-0.2, -0.15) is 9.36 Å². The molecule has 1 aliphatic carbocycles. The number of hydrogen-bond donors (Lipinski definition) is 2. The Morgan fingerprint density at radius 3 is 3.07 bits per heavy atom. The van der Waals surface area contributed by atoms with E-state index in [1.165, 1.54) is 18.0 Å². The van der Waals surface area contributed by atoms with Crippen molar-refractivity contribution in [3.63, 3.8) is 0 Å². The summed E-state index contributed by atoms with van der Waals surface area (Å²) >= 11 is 1.30. The highest BCUT2D eigenvalue weighted by Crippen LogP contribution is 2.25. The number of hydrogen-bond acceptors (Lipinski definition) is 6. The molecule has 0 saturated heterocycles. The summed E-state index contributed by atoms with van der Waals surface area (Å²) < 4.78 is 9.28. The van der Waals surface area contributed by atoms with Crippen molar-refractivity contribution in [3.8, 4) is 0 Å². The van der Waals surface area contributed by atoms with Gasteiger partial charge in [0.25, 0.3) is 0 Å². The Kier molecular flexibility index (Phi) is 2.83. The molecule has 0 bridgehead atoms. The van der Waals surface area contributed by atoms with Crippen LogP contribution in [0.4, 0.5) is 11.1 Å². The number of ether oxygens (including phenoxy) is 1. The number of nitrogens with two attached hydrogens (primary N) is 1. The SMILES string of the molecule is COC1CCCC1Nc1nc(N)ns1. The van der Waals surface area contributed by atoms with E-state index in [4.69, 9.17) is 10.5 Å². The molecule has 1 aromatic rings. The molecule has 0 amide bonds. The van der Waals surface area contributed by atoms with E-state index in [0.29, 0.717) is 18.1 Å². The highest BCUT2D eigenvalue weighted by Gasteiger charge is 2.27. The molecule has 1 aliphatic rings. The van der Waals surface area contributed by atoms with Crippen LogP contribution in [-0.4, -0.2) is 28.6 Å². The van der Waals surface area contributed by atoms with E-state index < -0.39 is 0 Å². The first-order chi connectivity index (χ1) is 6.79. The second-order valence-corrected chi connectivity index (χ2v) is 4.17. The lowest BCUT2D eigenvalue weighted by atomic mass is 10.2. The number of methoxy groups -OCH3 is 1. The smallest absolute Gasteiger partial charge is 0.233 e. The van der Waals surface area contributed by atoms with Crippen LogP contribution in [0.15, 0.2) is 0 Å². The first-order valence-corrected chi connectivity index (χ1v) is 5.45. The van der Waals surface area contributed by atoms with Gasteiger partial charge in [-0.25, -0.2) is 0 Å². The molecule has 78 valence electrons. The molecule has 0 aliphatic heterocycles. The third-order valence-corrected chi connectivity index (χ3v) is 3.17. The summed E-state index contributed by atoms with van der Waals surface area (Å²) in [6, 6.07) is 0.354. The van der Waals surface area contributed by atoms with Gasteiger partial charge in [0.1, 0.15) is 0 Å². The average molecular weight is 214 g/mol. The number of aromatic nitrogens is 2. The molecule has 2 atom stereocenters. The molecular formula is C8H14N4OS. The van der Waals surface area contributed by atoms with Crippen LogP contribution in [0.3, 0.4) is 0 Å². The first-order valence-electron chi connectivity index (χ1n) is 4.68. The zero-order valence-corrected chi connectivity index (χ0v) is 8.88. The molecule has 0 radical (unpaired) electrons. The summed E-state index contributed by atoms with van der Waals surface area (Å²) in [5.41, 5.74) is 5.44. The number of nitrogens with one attached hydrogen (secondary N) is 1. The second kappa shape index (κ2) is 4.10. The van der Waals surface area contributed by atoms with Crippen LogP contribution in [-0.2, 0) is 4.74 Å². The molecule has 1 fully saturated rings. The van der Waals surface area contributed by atoms with Gasteiger partial charge in [0.15, 0.2) is 0 Å². The zero-order valence-electron chi connectivity index (χ0n) is 8.06. The molecule has 2 rings (SSSR count). The predicted molar refractivity (Wildman–Crippen MR) is 56.4 cm³/mol. The van der Waals surface area contributed by atoms with E-state index in [1.807, 2.05) is 0 Å². The summed E-state index contributed by atoms with van der Waals surface area (Å²) in [4.78, 5) is 4.06. The lowest BCUT2D eigenvalue weighted by molar-refractivity contribution is 0.101. The van der Waals surface area contributed by atoms with Crippen LogP contribution >= 0.6 is 11.5 Å². The maximum Gasteiger partial charge on any atom is 0.233 e. The van der Waals surface area contributed by atoms with Crippen molar-refractivity contribution in [1.82, 2.24) is 9.36 Å². The molecule has 1 aromatic heterocycles. The summed E-state index contributed by atoms with van der Waals surface area (Å²) in [6.45, 7) is 0. The summed E-state index contributed by atoms with van der Waals surface area (Å²) in [5.74, 6) is 0.337. The Morgan fingerprint density at radius 1 is 1.57 bits per heavy atom. The Balaban J connectivity index is 1.96. The Hall–Kier alpha value is -0.880. The van der Waals surface area contributed by atoms with E-state index in [0.717, 1.165) is 18.0 Å². The lowest BCUT2D eigenvalue weighted by Crippen LogP contribution is -2.29. The van der Waals surface area contributed by atoms with Gasteiger partial charge < -0.3 is 15.8 Å². The molecule has 14 heavy (non-hydrogen) atoms. The fourth-order valence-corrected chi connectivity index (χ4v) is 2.38. The second-order valence-electron chi connectivity index (χ2n) is 3.41. The van der Waals surface area contributed by atoms with Crippen LogP contribution in [0, 0.1) is 0 Å². The minimum atomic E-state index is 0.292. The number of nitrogens with zero attached hydrogens (tertiary/aromatic N) is 2. The highest BCUT2D eigenvalue weighted by molar-refractivity contribution is 7.09. The Morgan fingerprint density at radius 2 is 2.43 bits per heavy atom. The van der Waals surface area contributed by atoms with Gasteiger partial charge in [-0.05, 0) is 19.3 Å². The third kappa shape index (κ3) is 1.96. The van der Waals surface area contributed by atoms with Gasteiger partial charge >= 0.3 is 0 Å². The summed E-state index contributed by atoms with van der Waals surface area (Å²) in [6.07, 6.45) is 3.73. The lowest BCUT2D eigenvalue weighted by Gasteiger charge is -2.18. The van der Waals surface area contributed by atoms with Crippen LogP contribution in [0.5, 0.6) is 0 Å². The van der Waals surface area contributed by atoms with E-state index in [1.54, 1.807) is 7.11 Å². The largest absolute Gasteiger partial charge is 0.379 e. The minimum absolute atomic E-state index is 0.292. The number of rotatable bonds is 3. The van der Waals surface area contributed by atoms with Crippen LogP contribution in [0.1, 0.15) is 19.3 Å². The van der Waals surface area contributed by atoms with E-state index in [9.17, 15) is 0 Å². The Bertz CT molecular complexity index is 303. The molecule has 5 nitrogen and oxygen atoms in total. The fourth-order valence-electron chi connectivity index (χ4n) is 1.83. The van der Waals surface area contributed by atoms with Crippen LogP contribution < -0.4 is 11.1 Å². The Labute approximate surface area is 86.8 Å². The molecule has 1 heterocycles. The van der Waals surface area contributed by atoms with Crippen molar-refractivity contribution in [3.05, 3.63) is 0 Å². The van der Waals surface area contributed by atoms with Crippen LogP contribution in [0.2, 0.25) is 0 Å². The van der Waals surface area contributed by atoms with Crippen molar-refractivity contribution in [2.45, 2.75) is 31.4 Å². The van der Waals surface area contributed by atoms with Crippen molar-refractivity contribution < 1.29 is 4.74 Å². The van der Waals surface area contributed by atoms with Gasteiger partial charge in [-0.3, -0.25) is 0 Å². The van der Waals surface area contributed by atoms with Gasteiger partial charge in [0.05, 0.1) is 12.1 Å².